The highest BCUT2D eigenvalue weighted by Crippen LogP contribution is 2.23. The minimum atomic E-state index is 0.0354. The molecule has 0 saturated heterocycles. The summed E-state index contributed by atoms with van der Waals surface area (Å²) in [6, 6.07) is 11.1. The zero-order valence-corrected chi connectivity index (χ0v) is 15.9. The molecule has 140 valence electrons. The van der Waals surface area contributed by atoms with Crippen LogP contribution in [0.1, 0.15) is 37.7 Å². The van der Waals surface area contributed by atoms with E-state index in [1.165, 1.54) is 36.8 Å². The van der Waals surface area contributed by atoms with Gasteiger partial charge in [0, 0.05) is 33.2 Å². The molecule has 1 N–H and O–H groups in total. The molecule has 1 aromatic rings. The quantitative estimate of drug-likeness (QED) is 0.668. The van der Waals surface area contributed by atoms with Crippen LogP contribution in [0, 0.1) is 0 Å². The van der Waals surface area contributed by atoms with Crippen LogP contribution in [0.15, 0.2) is 41.4 Å². The lowest BCUT2D eigenvalue weighted by molar-refractivity contribution is -0.127. The highest BCUT2D eigenvalue weighted by Gasteiger charge is 2.22. The van der Waals surface area contributed by atoms with E-state index in [0.29, 0.717) is 6.04 Å². The summed E-state index contributed by atoms with van der Waals surface area (Å²) >= 11 is 0. The van der Waals surface area contributed by atoms with E-state index in [4.69, 9.17) is 0 Å². The van der Waals surface area contributed by atoms with E-state index in [0.717, 1.165) is 25.5 Å². The Labute approximate surface area is 156 Å². The van der Waals surface area contributed by atoms with Crippen LogP contribution in [0.4, 0.5) is 0 Å². The molecule has 0 spiro atoms. The molecule has 1 fully saturated rings. The molecule has 1 amide bonds. The lowest BCUT2D eigenvalue weighted by Crippen LogP contribution is -2.47. The minimum Gasteiger partial charge on any atom is -0.353 e. The molecule has 1 heterocycles. The summed E-state index contributed by atoms with van der Waals surface area (Å²) in [5, 5.41) is 3.61. The average molecular weight is 354 g/mol. The molecule has 1 aliphatic heterocycles. The fraction of sp³-hybridized carbons (Fsp3) is 0.524. The second kappa shape index (κ2) is 8.88. The Balaban J connectivity index is 1.69. The number of carbonyl (C=O) groups excluding carboxylic acids is 1. The first-order valence-electron chi connectivity index (χ1n) is 9.64. The molecule has 1 aliphatic carbocycles. The van der Waals surface area contributed by atoms with Crippen LogP contribution >= 0.6 is 0 Å². The Morgan fingerprint density at radius 2 is 1.96 bits per heavy atom. The predicted molar refractivity (Wildman–Crippen MR) is 107 cm³/mol. The first-order valence-corrected chi connectivity index (χ1v) is 9.64. The van der Waals surface area contributed by atoms with E-state index in [-0.39, 0.29) is 12.5 Å². The third-order valence-corrected chi connectivity index (χ3v) is 5.20. The van der Waals surface area contributed by atoms with E-state index < -0.39 is 0 Å². The van der Waals surface area contributed by atoms with Gasteiger partial charge in [0.05, 0.1) is 0 Å². The SMILES string of the molecule is CN(C)C(=O)CN=C(NC1CCCC1)N1CC=C(c2ccccc2)CC1. The number of carbonyl (C=O) groups is 1. The number of guanidine groups is 1. The average Bonchev–Trinajstić information content (AvgIpc) is 3.19. The van der Waals surface area contributed by atoms with Gasteiger partial charge in [-0.2, -0.15) is 0 Å². The molecule has 0 unspecified atom stereocenters. The number of likely N-dealkylation sites (N-methyl/N-ethyl adjacent to an activating group) is 1. The van der Waals surface area contributed by atoms with Crippen molar-refractivity contribution in [2.45, 2.75) is 38.1 Å². The Kier molecular flexibility index (Phi) is 6.31. The van der Waals surface area contributed by atoms with Crippen LogP contribution in [-0.2, 0) is 4.79 Å². The van der Waals surface area contributed by atoms with E-state index in [1.54, 1.807) is 19.0 Å². The Morgan fingerprint density at radius 1 is 1.23 bits per heavy atom. The maximum atomic E-state index is 12.0. The lowest BCUT2D eigenvalue weighted by atomic mass is 10.00. The zero-order valence-electron chi connectivity index (χ0n) is 15.9. The number of nitrogens with zero attached hydrogens (tertiary/aromatic N) is 3. The molecule has 5 heteroatoms. The minimum absolute atomic E-state index is 0.0354. The number of hydrogen-bond acceptors (Lipinski definition) is 2. The van der Waals surface area contributed by atoms with Gasteiger partial charge < -0.3 is 15.1 Å². The summed E-state index contributed by atoms with van der Waals surface area (Å²) in [5.74, 6) is 0.920. The van der Waals surface area contributed by atoms with Gasteiger partial charge in [-0.1, -0.05) is 49.2 Å². The van der Waals surface area contributed by atoms with Gasteiger partial charge in [-0.3, -0.25) is 4.79 Å². The van der Waals surface area contributed by atoms with Crippen molar-refractivity contribution in [2.75, 3.05) is 33.7 Å². The second-order valence-electron chi connectivity index (χ2n) is 7.35. The molecule has 5 nitrogen and oxygen atoms in total. The van der Waals surface area contributed by atoms with Crippen molar-refractivity contribution in [1.82, 2.24) is 15.1 Å². The number of amides is 1. The summed E-state index contributed by atoms with van der Waals surface area (Å²) in [6.07, 6.45) is 8.23. The highest BCUT2D eigenvalue weighted by atomic mass is 16.2. The van der Waals surface area contributed by atoms with Gasteiger partial charge in [0.1, 0.15) is 6.54 Å². The van der Waals surface area contributed by atoms with E-state index in [9.17, 15) is 4.79 Å². The first kappa shape index (κ1) is 18.5. The van der Waals surface area contributed by atoms with Crippen LogP contribution in [-0.4, -0.2) is 61.4 Å². The van der Waals surface area contributed by atoms with Crippen molar-refractivity contribution in [2.24, 2.45) is 4.99 Å². The van der Waals surface area contributed by atoms with Crippen LogP contribution in [0.2, 0.25) is 0 Å². The lowest BCUT2D eigenvalue weighted by Gasteiger charge is -2.31. The predicted octanol–water partition coefficient (Wildman–Crippen LogP) is 2.75. The molecule has 0 aromatic heterocycles. The second-order valence-corrected chi connectivity index (χ2v) is 7.35. The molecule has 2 aliphatic rings. The Bertz CT molecular complexity index is 660. The fourth-order valence-electron chi connectivity index (χ4n) is 3.55. The normalized spacial score (nSPS) is 18.6. The molecular weight excluding hydrogens is 324 g/mol. The van der Waals surface area contributed by atoms with Crippen molar-refractivity contribution < 1.29 is 4.79 Å². The van der Waals surface area contributed by atoms with Crippen molar-refractivity contribution >= 4 is 17.4 Å². The summed E-state index contributed by atoms with van der Waals surface area (Å²) in [5.41, 5.74) is 2.70. The van der Waals surface area contributed by atoms with Gasteiger partial charge in [-0.15, -0.1) is 0 Å². The number of benzene rings is 1. The smallest absolute Gasteiger partial charge is 0.243 e. The van der Waals surface area contributed by atoms with Gasteiger partial charge in [0.2, 0.25) is 5.91 Å². The van der Waals surface area contributed by atoms with E-state index >= 15 is 0 Å². The number of rotatable bonds is 4. The van der Waals surface area contributed by atoms with Gasteiger partial charge in [-0.05, 0) is 30.4 Å². The fourth-order valence-corrected chi connectivity index (χ4v) is 3.55. The van der Waals surface area contributed by atoms with E-state index in [2.05, 4.69) is 51.6 Å². The van der Waals surface area contributed by atoms with Gasteiger partial charge in [-0.25, -0.2) is 4.99 Å². The van der Waals surface area contributed by atoms with Gasteiger partial charge in [0.15, 0.2) is 5.96 Å². The zero-order chi connectivity index (χ0) is 18.4. The summed E-state index contributed by atoms with van der Waals surface area (Å²) in [6.45, 7) is 1.96. The molecule has 1 aromatic carbocycles. The molecule has 1 saturated carbocycles. The van der Waals surface area contributed by atoms with Crippen LogP contribution in [0.25, 0.3) is 5.57 Å². The van der Waals surface area contributed by atoms with Crippen LogP contribution in [0.5, 0.6) is 0 Å². The third kappa shape index (κ3) is 4.87. The molecular formula is C21H30N4O. The van der Waals surface area contributed by atoms with Crippen LogP contribution < -0.4 is 5.32 Å². The third-order valence-electron chi connectivity index (χ3n) is 5.20. The molecule has 3 rings (SSSR count). The number of nitrogens with one attached hydrogen (secondary N) is 1. The van der Waals surface area contributed by atoms with Crippen LogP contribution in [0.3, 0.4) is 0 Å². The summed E-state index contributed by atoms with van der Waals surface area (Å²) in [4.78, 5) is 20.5. The number of hydrogen-bond donors (Lipinski definition) is 1. The first-order chi connectivity index (χ1) is 12.6. The van der Waals surface area contributed by atoms with E-state index in [1.807, 2.05) is 0 Å². The van der Waals surface area contributed by atoms with Gasteiger partial charge in [0.25, 0.3) is 0 Å². The Hall–Kier alpha value is -2.30. The Morgan fingerprint density at radius 3 is 2.58 bits per heavy atom. The maximum Gasteiger partial charge on any atom is 0.243 e. The number of aliphatic imine (C=N–C) groups is 1. The molecule has 0 radical (unpaired) electrons. The van der Waals surface area contributed by atoms with Crippen molar-refractivity contribution in [3.8, 4) is 0 Å². The van der Waals surface area contributed by atoms with Gasteiger partial charge >= 0.3 is 0 Å². The van der Waals surface area contributed by atoms with Crippen molar-refractivity contribution in [1.29, 1.82) is 0 Å². The summed E-state index contributed by atoms with van der Waals surface area (Å²) < 4.78 is 0. The topological polar surface area (TPSA) is 47.9 Å². The molecule has 0 atom stereocenters. The highest BCUT2D eigenvalue weighted by molar-refractivity contribution is 5.85. The maximum absolute atomic E-state index is 12.0. The van der Waals surface area contributed by atoms with Crippen molar-refractivity contribution in [3.63, 3.8) is 0 Å². The molecule has 0 bridgehead atoms. The molecule has 26 heavy (non-hydrogen) atoms. The largest absolute Gasteiger partial charge is 0.353 e. The monoisotopic (exact) mass is 354 g/mol. The van der Waals surface area contributed by atoms with Crippen molar-refractivity contribution in [3.05, 3.63) is 42.0 Å². The summed E-state index contributed by atoms with van der Waals surface area (Å²) in [7, 11) is 3.55. The standard InChI is InChI=1S/C21H30N4O/c1-24(2)20(26)16-22-21(23-19-10-6-7-11-19)25-14-12-18(13-15-25)17-8-4-3-5-9-17/h3-5,8-9,12,19H,6-7,10-11,13-16H2,1-2H3,(H,22,23).